The molecule has 0 unspecified atom stereocenters. The van der Waals surface area contributed by atoms with Crippen LogP contribution in [0.3, 0.4) is 0 Å². The molecule has 3 fully saturated rings. The maximum atomic E-state index is 12.5. The van der Waals surface area contributed by atoms with E-state index in [0.717, 1.165) is 25.7 Å². The van der Waals surface area contributed by atoms with Gasteiger partial charge in [-0.15, -0.1) is 0 Å². The Morgan fingerprint density at radius 3 is 2.53 bits per heavy atom. The molecule has 2 N–H and O–H groups in total. The molecule has 0 bridgehead atoms. The zero-order valence-electron chi connectivity index (χ0n) is 17.8. The van der Waals surface area contributed by atoms with Gasteiger partial charge in [-0.05, 0) is 38.8 Å². The Morgan fingerprint density at radius 2 is 1.80 bits per heavy atom. The number of amides is 2. The van der Waals surface area contributed by atoms with Gasteiger partial charge in [-0.3, -0.25) is 9.59 Å². The summed E-state index contributed by atoms with van der Waals surface area (Å²) in [4.78, 5) is 25.0. The Balaban J connectivity index is 1.37. The third-order valence-electron chi connectivity index (χ3n) is 6.30. The average Bonchev–Trinajstić information content (AvgIpc) is 3.21. The van der Waals surface area contributed by atoms with Crippen LogP contribution in [0, 0.1) is 5.92 Å². The smallest absolute Gasteiger partial charge is 0.251 e. The van der Waals surface area contributed by atoms with E-state index >= 15 is 0 Å². The van der Waals surface area contributed by atoms with Gasteiger partial charge in [-0.2, -0.15) is 0 Å². The fourth-order valence-electron chi connectivity index (χ4n) is 4.83. The molecule has 1 aromatic rings. The van der Waals surface area contributed by atoms with E-state index < -0.39 is 11.4 Å². The molecule has 0 spiro atoms. The van der Waals surface area contributed by atoms with Gasteiger partial charge in [0.15, 0.2) is 5.79 Å². The van der Waals surface area contributed by atoms with Crippen LogP contribution in [0.4, 0.5) is 0 Å². The molecule has 1 saturated carbocycles. The zero-order chi connectivity index (χ0) is 21.2. The van der Waals surface area contributed by atoms with Gasteiger partial charge in [0, 0.05) is 18.0 Å². The summed E-state index contributed by atoms with van der Waals surface area (Å²) in [6.07, 6.45) is 4.70. The summed E-state index contributed by atoms with van der Waals surface area (Å²) in [5, 5.41) is 6.02. The molecule has 1 aromatic carbocycles. The molecule has 0 aromatic heterocycles. The Labute approximate surface area is 177 Å². The largest absolute Gasteiger partial charge is 0.370 e. The highest BCUT2D eigenvalue weighted by atomic mass is 16.8. The third kappa shape index (κ3) is 4.53. The van der Waals surface area contributed by atoms with E-state index in [-0.39, 0.29) is 36.5 Å². The number of carbonyl (C=O) groups excluding carboxylic acids is 2. The van der Waals surface area contributed by atoms with E-state index in [0.29, 0.717) is 18.7 Å². The average molecular weight is 417 g/mol. The lowest BCUT2D eigenvalue weighted by molar-refractivity contribution is -0.188. The van der Waals surface area contributed by atoms with Crippen molar-refractivity contribution in [3.63, 3.8) is 0 Å². The first-order chi connectivity index (χ1) is 14.4. The molecular formula is C23H32N2O5. The van der Waals surface area contributed by atoms with Gasteiger partial charge in [-0.1, -0.05) is 37.5 Å². The molecule has 2 saturated heterocycles. The summed E-state index contributed by atoms with van der Waals surface area (Å²) in [6, 6.07) is 9.08. The molecule has 3 atom stereocenters. The summed E-state index contributed by atoms with van der Waals surface area (Å²) in [5.74, 6) is -0.734. The number of nitrogens with one attached hydrogen (secondary N) is 2. The number of carbonyl (C=O) groups is 2. The minimum Gasteiger partial charge on any atom is -0.370 e. The van der Waals surface area contributed by atoms with Crippen molar-refractivity contribution < 1.29 is 23.8 Å². The van der Waals surface area contributed by atoms with Crippen LogP contribution in [-0.4, -0.2) is 55.1 Å². The molecule has 2 amide bonds. The number of benzene rings is 1. The van der Waals surface area contributed by atoms with E-state index in [1.807, 2.05) is 32.0 Å². The Bertz CT molecular complexity index is 762. The van der Waals surface area contributed by atoms with Crippen LogP contribution in [0.15, 0.2) is 30.3 Å². The quantitative estimate of drug-likeness (QED) is 0.744. The van der Waals surface area contributed by atoms with Crippen molar-refractivity contribution in [3.8, 4) is 0 Å². The van der Waals surface area contributed by atoms with Crippen molar-refractivity contribution in [3.05, 3.63) is 35.9 Å². The Hall–Kier alpha value is -1.96. The second kappa shape index (κ2) is 8.65. The summed E-state index contributed by atoms with van der Waals surface area (Å²) >= 11 is 0. The van der Waals surface area contributed by atoms with Gasteiger partial charge < -0.3 is 24.8 Å². The molecule has 2 heterocycles. The third-order valence-corrected chi connectivity index (χ3v) is 6.30. The van der Waals surface area contributed by atoms with Crippen LogP contribution in [0.25, 0.3) is 0 Å². The monoisotopic (exact) mass is 416 g/mol. The van der Waals surface area contributed by atoms with Crippen molar-refractivity contribution in [2.75, 3.05) is 19.7 Å². The first-order valence-electron chi connectivity index (χ1n) is 11.0. The SMILES string of the molecule is CC1(C)O[C@@H]2[C@@H](CNC(=O)C3CCCCC3)OC[C@]2(CNC(=O)c2ccccc2)O1. The number of ether oxygens (including phenoxy) is 3. The predicted molar refractivity (Wildman–Crippen MR) is 111 cm³/mol. The molecule has 3 aliphatic rings. The van der Waals surface area contributed by atoms with E-state index in [1.54, 1.807) is 12.1 Å². The second-order valence-corrected chi connectivity index (χ2v) is 9.08. The summed E-state index contributed by atoms with van der Waals surface area (Å²) < 4.78 is 18.4. The maximum absolute atomic E-state index is 12.5. The lowest BCUT2D eigenvalue weighted by Crippen LogP contribution is -2.52. The van der Waals surface area contributed by atoms with Crippen molar-refractivity contribution in [1.82, 2.24) is 10.6 Å². The Kier molecular flexibility index (Phi) is 6.14. The zero-order valence-corrected chi connectivity index (χ0v) is 17.8. The van der Waals surface area contributed by atoms with Gasteiger partial charge in [0.25, 0.3) is 5.91 Å². The minimum atomic E-state index is -0.780. The lowest BCUT2D eigenvalue weighted by Gasteiger charge is -2.27. The highest BCUT2D eigenvalue weighted by Gasteiger charge is 2.61. The number of rotatable bonds is 6. The van der Waals surface area contributed by atoms with Crippen LogP contribution < -0.4 is 10.6 Å². The molecule has 1 aliphatic carbocycles. The fourth-order valence-corrected chi connectivity index (χ4v) is 4.83. The van der Waals surface area contributed by atoms with E-state index in [4.69, 9.17) is 14.2 Å². The highest BCUT2D eigenvalue weighted by Crippen LogP contribution is 2.43. The first-order valence-corrected chi connectivity index (χ1v) is 11.0. The van der Waals surface area contributed by atoms with Crippen molar-refractivity contribution in [2.45, 2.75) is 69.5 Å². The Morgan fingerprint density at radius 1 is 1.07 bits per heavy atom. The number of hydrogen-bond acceptors (Lipinski definition) is 5. The van der Waals surface area contributed by atoms with Gasteiger partial charge in [0.1, 0.15) is 17.8 Å². The first kappa shape index (κ1) is 21.3. The molecule has 0 radical (unpaired) electrons. The fraction of sp³-hybridized carbons (Fsp3) is 0.652. The number of fused-ring (bicyclic) bond motifs is 1. The van der Waals surface area contributed by atoms with E-state index in [2.05, 4.69) is 10.6 Å². The van der Waals surface area contributed by atoms with Gasteiger partial charge in [0.2, 0.25) is 5.91 Å². The van der Waals surface area contributed by atoms with Gasteiger partial charge in [0.05, 0.1) is 13.2 Å². The van der Waals surface area contributed by atoms with Crippen molar-refractivity contribution in [2.24, 2.45) is 5.92 Å². The topological polar surface area (TPSA) is 85.9 Å². The summed E-state index contributed by atoms with van der Waals surface area (Å²) in [6.45, 7) is 4.70. The predicted octanol–water partition coefficient (Wildman–Crippen LogP) is 2.40. The summed E-state index contributed by atoms with van der Waals surface area (Å²) in [7, 11) is 0. The van der Waals surface area contributed by atoms with E-state index in [1.165, 1.54) is 6.42 Å². The molecule has 4 rings (SSSR count). The van der Waals surface area contributed by atoms with Crippen molar-refractivity contribution >= 4 is 11.8 Å². The van der Waals surface area contributed by atoms with Gasteiger partial charge in [-0.25, -0.2) is 0 Å². The minimum absolute atomic E-state index is 0.103. The van der Waals surface area contributed by atoms with Crippen molar-refractivity contribution in [1.29, 1.82) is 0 Å². The van der Waals surface area contributed by atoms with Crippen LogP contribution in [-0.2, 0) is 19.0 Å². The number of hydrogen-bond donors (Lipinski definition) is 2. The molecule has 2 aliphatic heterocycles. The molecular weight excluding hydrogens is 384 g/mol. The standard InChI is InChI=1S/C23H32N2O5/c1-22(2)29-19-18(13-24-20(26)16-9-5-3-6-10-16)28-15-23(19,30-22)14-25-21(27)17-11-7-4-8-12-17/h4,7-8,11-12,16,18-19H,3,5-6,9-10,13-15H2,1-2H3,(H,24,26)(H,25,27)/t18-,19-,23+/m1/s1. The van der Waals surface area contributed by atoms with Gasteiger partial charge >= 0.3 is 0 Å². The summed E-state index contributed by atoms with van der Waals surface area (Å²) in [5.41, 5.74) is -0.174. The molecule has 7 heteroatoms. The molecule has 30 heavy (non-hydrogen) atoms. The van der Waals surface area contributed by atoms with Crippen LogP contribution >= 0.6 is 0 Å². The molecule has 7 nitrogen and oxygen atoms in total. The van der Waals surface area contributed by atoms with E-state index in [9.17, 15) is 9.59 Å². The van der Waals surface area contributed by atoms with Crippen LogP contribution in [0.2, 0.25) is 0 Å². The highest BCUT2D eigenvalue weighted by molar-refractivity contribution is 5.94. The maximum Gasteiger partial charge on any atom is 0.251 e. The normalized spacial score (nSPS) is 30.6. The van der Waals surface area contributed by atoms with Crippen LogP contribution in [0.5, 0.6) is 0 Å². The molecule has 164 valence electrons. The lowest BCUT2D eigenvalue weighted by atomic mass is 9.88. The second-order valence-electron chi connectivity index (χ2n) is 9.08. The van der Waals surface area contributed by atoms with Crippen LogP contribution in [0.1, 0.15) is 56.3 Å².